The summed E-state index contributed by atoms with van der Waals surface area (Å²) in [6.45, 7) is 8.08. The molecule has 2 heterocycles. The molecule has 3 amide bonds. The Balaban J connectivity index is 2.06. The summed E-state index contributed by atoms with van der Waals surface area (Å²) in [4.78, 5) is 42.0. The van der Waals surface area contributed by atoms with E-state index in [0.29, 0.717) is 37.2 Å². The topological polar surface area (TPSA) is 93.5 Å². The van der Waals surface area contributed by atoms with Gasteiger partial charge in [-0.15, -0.1) is 0 Å². The number of rotatable bonds is 4. The molecule has 2 unspecified atom stereocenters. The first-order chi connectivity index (χ1) is 13.7. The number of anilines is 1. The maximum Gasteiger partial charge on any atom is 0.332 e. The van der Waals surface area contributed by atoms with Crippen molar-refractivity contribution in [2.75, 3.05) is 18.0 Å². The predicted molar refractivity (Wildman–Crippen MR) is 110 cm³/mol. The first-order valence-electron chi connectivity index (χ1n) is 9.77. The Kier molecular flexibility index (Phi) is 5.70. The van der Waals surface area contributed by atoms with Crippen LogP contribution in [0.3, 0.4) is 0 Å². The number of ketones is 1. The zero-order valence-electron chi connectivity index (χ0n) is 17.1. The number of halogens is 1. The predicted octanol–water partition coefficient (Wildman–Crippen LogP) is 3.02. The molecule has 0 saturated carbocycles. The molecule has 2 aliphatic heterocycles. The van der Waals surface area contributed by atoms with E-state index in [-0.39, 0.29) is 34.2 Å². The van der Waals surface area contributed by atoms with Crippen LogP contribution in [0, 0.1) is 24.2 Å². The lowest BCUT2D eigenvalue weighted by atomic mass is 9.85. The summed E-state index contributed by atoms with van der Waals surface area (Å²) < 4.78 is 0. The summed E-state index contributed by atoms with van der Waals surface area (Å²) >= 11 is 6.27. The van der Waals surface area contributed by atoms with E-state index >= 15 is 0 Å². The minimum absolute atomic E-state index is 0.0781. The van der Waals surface area contributed by atoms with Crippen molar-refractivity contribution in [1.29, 1.82) is 5.26 Å². The third-order valence-corrected chi connectivity index (χ3v) is 6.47. The fraction of sp³-hybridized carbons (Fsp3) is 0.524. The number of benzene rings is 1. The van der Waals surface area contributed by atoms with Gasteiger partial charge in [-0.2, -0.15) is 5.26 Å². The molecule has 2 saturated heterocycles. The molecular formula is C21H25ClN4O3. The zero-order chi connectivity index (χ0) is 21.5. The van der Waals surface area contributed by atoms with Crippen molar-refractivity contribution in [3.05, 3.63) is 28.3 Å². The van der Waals surface area contributed by atoms with Crippen LogP contribution in [0.15, 0.2) is 12.1 Å². The van der Waals surface area contributed by atoms with Gasteiger partial charge in [0, 0.05) is 19.0 Å². The van der Waals surface area contributed by atoms with Gasteiger partial charge in [0.2, 0.25) is 0 Å². The Bertz CT molecular complexity index is 921. The molecule has 1 aromatic rings. The van der Waals surface area contributed by atoms with E-state index in [1.165, 1.54) is 6.07 Å². The second-order valence-corrected chi connectivity index (χ2v) is 8.40. The molecule has 7 nitrogen and oxygen atoms in total. The number of amides is 3. The monoisotopic (exact) mass is 416 g/mol. The Morgan fingerprint density at radius 1 is 1.38 bits per heavy atom. The Hall–Kier alpha value is -2.43. The molecule has 1 N–H and O–H groups in total. The second kappa shape index (κ2) is 7.77. The number of nitrogens with zero attached hydrogens (tertiary/aromatic N) is 3. The number of carbonyl (C=O) groups is 3. The van der Waals surface area contributed by atoms with Gasteiger partial charge in [-0.3, -0.25) is 9.59 Å². The molecule has 0 aliphatic carbocycles. The maximum absolute atomic E-state index is 13.5. The number of carbonyl (C=O) groups excluding carboxylic acids is 3. The molecule has 154 valence electrons. The largest absolute Gasteiger partial charge is 0.332 e. The van der Waals surface area contributed by atoms with Crippen molar-refractivity contribution in [2.24, 2.45) is 5.92 Å². The van der Waals surface area contributed by atoms with Crippen molar-refractivity contribution in [3.8, 4) is 6.07 Å². The van der Waals surface area contributed by atoms with Crippen molar-refractivity contribution in [2.45, 2.75) is 52.1 Å². The van der Waals surface area contributed by atoms with Crippen LogP contribution in [-0.4, -0.2) is 47.3 Å². The molecule has 8 heteroatoms. The van der Waals surface area contributed by atoms with Crippen LogP contribution in [0.4, 0.5) is 10.5 Å². The molecule has 2 fully saturated rings. The van der Waals surface area contributed by atoms with Gasteiger partial charge in [-0.05, 0) is 51.4 Å². The van der Waals surface area contributed by atoms with Crippen LogP contribution in [0.5, 0.6) is 0 Å². The average molecular weight is 417 g/mol. The zero-order valence-corrected chi connectivity index (χ0v) is 17.8. The van der Waals surface area contributed by atoms with E-state index in [1.807, 2.05) is 13.0 Å². The van der Waals surface area contributed by atoms with E-state index in [9.17, 15) is 19.6 Å². The molecule has 2 aliphatic rings. The average Bonchev–Trinajstić information content (AvgIpc) is 2.88. The fourth-order valence-corrected chi connectivity index (χ4v) is 4.53. The lowest BCUT2D eigenvalue weighted by Gasteiger charge is -2.42. The number of nitriles is 1. The lowest BCUT2D eigenvalue weighted by molar-refractivity contribution is -0.129. The van der Waals surface area contributed by atoms with Gasteiger partial charge in [-0.25, -0.2) is 9.69 Å². The van der Waals surface area contributed by atoms with Crippen LogP contribution in [-0.2, 0) is 9.59 Å². The molecular weight excluding hydrogens is 392 g/mol. The van der Waals surface area contributed by atoms with E-state index in [4.69, 9.17) is 11.6 Å². The number of nitrogens with one attached hydrogen (secondary N) is 1. The molecule has 0 spiro atoms. The number of piperidine rings is 1. The standard InChI is InChI=1S/C21H25ClN4O3/c1-5-17(27)14-11-24-9-8-16(14)26-20(29)25(19(28)21(26,3)4)15-7-6-13(10-23)18(22)12(15)2/h6-7,14,16,24H,5,8-9,11H2,1-4H3. The summed E-state index contributed by atoms with van der Waals surface area (Å²) in [6, 6.07) is 4.28. The molecule has 2 atom stereocenters. The number of hydrogen-bond acceptors (Lipinski definition) is 5. The Labute approximate surface area is 175 Å². The molecule has 1 aromatic carbocycles. The van der Waals surface area contributed by atoms with Gasteiger partial charge in [-0.1, -0.05) is 18.5 Å². The maximum atomic E-state index is 13.5. The first-order valence-corrected chi connectivity index (χ1v) is 10.1. The quantitative estimate of drug-likeness (QED) is 0.761. The molecule has 3 rings (SSSR count). The summed E-state index contributed by atoms with van der Waals surface area (Å²) in [7, 11) is 0. The molecule has 29 heavy (non-hydrogen) atoms. The summed E-state index contributed by atoms with van der Waals surface area (Å²) in [5.74, 6) is -0.641. The molecule has 0 radical (unpaired) electrons. The third-order valence-electron chi connectivity index (χ3n) is 5.98. The van der Waals surface area contributed by atoms with Gasteiger partial charge in [0.05, 0.1) is 22.2 Å². The molecule has 0 aromatic heterocycles. The summed E-state index contributed by atoms with van der Waals surface area (Å²) in [5.41, 5.74) is 0.0524. The minimum Gasteiger partial charge on any atom is -0.316 e. The van der Waals surface area contributed by atoms with Crippen molar-refractivity contribution in [3.63, 3.8) is 0 Å². The first kappa shape index (κ1) is 21.3. The minimum atomic E-state index is -1.10. The number of urea groups is 1. The van der Waals surface area contributed by atoms with Gasteiger partial charge >= 0.3 is 6.03 Å². The van der Waals surface area contributed by atoms with Gasteiger partial charge in [0.1, 0.15) is 17.4 Å². The highest BCUT2D eigenvalue weighted by Gasteiger charge is 2.56. The number of imide groups is 1. The van der Waals surface area contributed by atoms with Crippen LogP contribution in [0.2, 0.25) is 5.02 Å². The summed E-state index contributed by atoms with van der Waals surface area (Å²) in [5, 5.41) is 12.6. The molecule has 0 bridgehead atoms. The van der Waals surface area contributed by atoms with Gasteiger partial charge in [0.15, 0.2) is 0 Å². The number of hydrogen-bond donors (Lipinski definition) is 1. The van der Waals surface area contributed by atoms with Gasteiger partial charge in [0.25, 0.3) is 5.91 Å². The van der Waals surface area contributed by atoms with Crippen LogP contribution in [0.1, 0.15) is 44.7 Å². The van der Waals surface area contributed by atoms with E-state index < -0.39 is 11.6 Å². The summed E-state index contributed by atoms with van der Waals surface area (Å²) in [6.07, 6.45) is 0.979. The van der Waals surface area contributed by atoms with Crippen molar-refractivity contribution in [1.82, 2.24) is 10.2 Å². The highest BCUT2D eigenvalue weighted by molar-refractivity contribution is 6.33. The SMILES string of the molecule is CCC(=O)C1CNCCC1N1C(=O)N(c2ccc(C#N)c(Cl)c2C)C(=O)C1(C)C. The van der Waals surface area contributed by atoms with E-state index in [0.717, 1.165) is 4.90 Å². The van der Waals surface area contributed by atoms with E-state index in [2.05, 4.69) is 5.32 Å². The van der Waals surface area contributed by atoms with E-state index in [1.54, 1.807) is 31.7 Å². The van der Waals surface area contributed by atoms with Crippen LogP contribution in [0.25, 0.3) is 0 Å². The van der Waals surface area contributed by atoms with Crippen LogP contribution < -0.4 is 10.2 Å². The van der Waals surface area contributed by atoms with Crippen LogP contribution >= 0.6 is 11.6 Å². The Morgan fingerprint density at radius 3 is 2.69 bits per heavy atom. The normalized spacial score (nSPS) is 24.0. The van der Waals surface area contributed by atoms with Crippen molar-refractivity contribution >= 4 is 35.0 Å². The smallest absolute Gasteiger partial charge is 0.316 e. The lowest BCUT2D eigenvalue weighted by Crippen LogP contribution is -2.58. The third kappa shape index (κ3) is 3.30. The number of Topliss-reactive ketones (excluding diaryl/α,β-unsaturated/α-hetero) is 1. The highest BCUT2D eigenvalue weighted by Crippen LogP contribution is 2.40. The highest BCUT2D eigenvalue weighted by atomic mass is 35.5. The fourth-order valence-electron chi connectivity index (χ4n) is 4.33. The van der Waals surface area contributed by atoms with Gasteiger partial charge < -0.3 is 10.2 Å². The Morgan fingerprint density at radius 2 is 2.07 bits per heavy atom. The van der Waals surface area contributed by atoms with Crippen molar-refractivity contribution < 1.29 is 14.4 Å². The second-order valence-electron chi connectivity index (χ2n) is 8.02.